The van der Waals surface area contributed by atoms with E-state index in [0.29, 0.717) is 0 Å². The molecule has 0 spiro atoms. The van der Waals surface area contributed by atoms with E-state index in [-0.39, 0.29) is 10.8 Å². The van der Waals surface area contributed by atoms with E-state index in [4.69, 9.17) is 4.74 Å². The molecule has 16 heavy (non-hydrogen) atoms. The summed E-state index contributed by atoms with van der Waals surface area (Å²) in [7, 11) is 1.49. The van der Waals surface area contributed by atoms with Crippen molar-refractivity contribution in [3.8, 4) is 0 Å². The lowest BCUT2D eigenvalue weighted by atomic mass is 9.57. The van der Waals surface area contributed by atoms with Crippen molar-refractivity contribution in [2.45, 2.75) is 59.0 Å². The zero-order valence-electron chi connectivity index (χ0n) is 10.9. The van der Waals surface area contributed by atoms with Gasteiger partial charge in [0.15, 0.2) is 6.10 Å². The molecule has 1 aliphatic carbocycles. The molecular weight excluding hydrogens is 204 g/mol. The van der Waals surface area contributed by atoms with Crippen LogP contribution in [0.3, 0.4) is 0 Å². The summed E-state index contributed by atoms with van der Waals surface area (Å²) >= 11 is 0. The van der Waals surface area contributed by atoms with Gasteiger partial charge in [0.1, 0.15) is 0 Å². The standard InChI is InChI=1S/C13H24O3/c1-12(2,10(16-4)11(14)15)13(3)8-6-5-7-9-13/h10H,5-9H2,1-4H3,(H,14,15). The number of aliphatic carboxylic acids is 1. The van der Waals surface area contributed by atoms with Crippen LogP contribution in [0.1, 0.15) is 52.9 Å². The first-order valence-corrected chi connectivity index (χ1v) is 6.11. The predicted octanol–water partition coefficient (Wildman–Crippen LogP) is 3.08. The van der Waals surface area contributed by atoms with E-state index in [2.05, 4.69) is 6.92 Å². The minimum Gasteiger partial charge on any atom is -0.479 e. The van der Waals surface area contributed by atoms with Crippen LogP contribution in [-0.2, 0) is 9.53 Å². The van der Waals surface area contributed by atoms with Crippen molar-refractivity contribution in [3.05, 3.63) is 0 Å². The van der Waals surface area contributed by atoms with Gasteiger partial charge in [0, 0.05) is 12.5 Å². The lowest BCUT2D eigenvalue weighted by Gasteiger charge is -2.49. The topological polar surface area (TPSA) is 46.5 Å². The van der Waals surface area contributed by atoms with Gasteiger partial charge < -0.3 is 9.84 Å². The van der Waals surface area contributed by atoms with Crippen LogP contribution in [0.25, 0.3) is 0 Å². The average molecular weight is 228 g/mol. The Morgan fingerprint density at radius 1 is 1.31 bits per heavy atom. The SMILES string of the molecule is COC(C(=O)O)C(C)(C)C1(C)CCCCC1. The molecule has 0 amide bonds. The summed E-state index contributed by atoms with van der Waals surface area (Å²) in [4.78, 5) is 11.2. The maximum absolute atomic E-state index is 11.2. The molecule has 0 aromatic rings. The van der Waals surface area contributed by atoms with Crippen LogP contribution in [-0.4, -0.2) is 24.3 Å². The third-order valence-corrected chi connectivity index (χ3v) is 4.63. The first kappa shape index (κ1) is 13.5. The van der Waals surface area contributed by atoms with Gasteiger partial charge in [-0.3, -0.25) is 0 Å². The average Bonchev–Trinajstić information content (AvgIpc) is 2.18. The highest BCUT2D eigenvalue weighted by Crippen LogP contribution is 2.51. The Morgan fingerprint density at radius 3 is 2.19 bits per heavy atom. The maximum atomic E-state index is 11.2. The van der Waals surface area contributed by atoms with E-state index >= 15 is 0 Å². The summed E-state index contributed by atoms with van der Waals surface area (Å²) in [6.45, 7) is 6.27. The molecule has 0 radical (unpaired) electrons. The minimum atomic E-state index is -0.848. The molecule has 0 aromatic heterocycles. The lowest BCUT2D eigenvalue weighted by molar-refractivity contribution is -0.165. The van der Waals surface area contributed by atoms with Crippen LogP contribution in [0.15, 0.2) is 0 Å². The quantitative estimate of drug-likeness (QED) is 0.804. The fourth-order valence-electron chi connectivity index (χ4n) is 3.00. The Labute approximate surface area is 98.2 Å². The largest absolute Gasteiger partial charge is 0.479 e. The van der Waals surface area contributed by atoms with E-state index in [1.54, 1.807) is 0 Å². The Hall–Kier alpha value is -0.570. The molecule has 3 heteroatoms. The smallest absolute Gasteiger partial charge is 0.333 e. The van der Waals surface area contributed by atoms with E-state index in [1.165, 1.54) is 26.4 Å². The van der Waals surface area contributed by atoms with Crippen LogP contribution >= 0.6 is 0 Å². The number of carboxylic acids is 1. The van der Waals surface area contributed by atoms with Crippen molar-refractivity contribution in [1.29, 1.82) is 0 Å². The second-order valence-electron chi connectivity index (χ2n) is 5.80. The molecule has 1 saturated carbocycles. The molecule has 1 atom stereocenters. The number of methoxy groups -OCH3 is 1. The molecule has 1 unspecified atom stereocenters. The first-order valence-electron chi connectivity index (χ1n) is 6.11. The van der Waals surface area contributed by atoms with Gasteiger partial charge in [-0.2, -0.15) is 0 Å². The maximum Gasteiger partial charge on any atom is 0.333 e. The molecule has 0 aliphatic heterocycles. The van der Waals surface area contributed by atoms with Crippen molar-refractivity contribution in [1.82, 2.24) is 0 Å². The number of ether oxygens (including phenoxy) is 1. The minimum absolute atomic E-state index is 0.0737. The Morgan fingerprint density at radius 2 is 1.81 bits per heavy atom. The van der Waals surface area contributed by atoms with E-state index < -0.39 is 12.1 Å². The van der Waals surface area contributed by atoms with Gasteiger partial charge in [0.05, 0.1) is 0 Å². The Balaban J connectivity index is 2.92. The van der Waals surface area contributed by atoms with Crippen LogP contribution in [0.2, 0.25) is 0 Å². The fraction of sp³-hybridized carbons (Fsp3) is 0.923. The molecule has 0 heterocycles. The number of carbonyl (C=O) groups is 1. The van der Waals surface area contributed by atoms with Gasteiger partial charge in [-0.15, -0.1) is 0 Å². The molecule has 3 nitrogen and oxygen atoms in total. The molecule has 0 saturated heterocycles. The summed E-state index contributed by atoms with van der Waals surface area (Å²) in [6, 6.07) is 0. The molecule has 1 N–H and O–H groups in total. The summed E-state index contributed by atoms with van der Waals surface area (Å²) in [5, 5.41) is 9.23. The van der Waals surface area contributed by atoms with Crippen molar-refractivity contribution in [3.63, 3.8) is 0 Å². The molecule has 1 aliphatic rings. The summed E-state index contributed by atoms with van der Waals surface area (Å²) in [5.74, 6) is -0.848. The van der Waals surface area contributed by atoms with Crippen LogP contribution in [0.5, 0.6) is 0 Å². The molecule has 1 rings (SSSR count). The highest BCUT2D eigenvalue weighted by molar-refractivity contribution is 5.73. The van der Waals surface area contributed by atoms with Crippen LogP contribution in [0, 0.1) is 10.8 Å². The van der Waals surface area contributed by atoms with Gasteiger partial charge in [0.25, 0.3) is 0 Å². The Bertz CT molecular complexity index is 252. The van der Waals surface area contributed by atoms with Crippen molar-refractivity contribution in [2.75, 3.05) is 7.11 Å². The molecule has 0 aromatic carbocycles. The highest BCUT2D eigenvalue weighted by Gasteiger charge is 2.49. The molecule has 94 valence electrons. The van der Waals surface area contributed by atoms with Gasteiger partial charge >= 0.3 is 5.97 Å². The third kappa shape index (κ3) is 2.24. The first-order chi connectivity index (χ1) is 7.35. The Kier molecular flexibility index (Phi) is 4.00. The normalized spacial score (nSPS) is 22.8. The molecule has 1 fully saturated rings. The zero-order chi connectivity index (χ0) is 12.4. The second-order valence-corrected chi connectivity index (χ2v) is 5.80. The molecular formula is C13H24O3. The van der Waals surface area contributed by atoms with Crippen molar-refractivity contribution < 1.29 is 14.6 Å². The van der Waals surface area contributed by atoms with E-state index in [0.717, 1.165) is 12.8 Å². The van der Waals surface area contributed by atoms with Gasteiger partial charge in [-0.1, -0.05) is 40.0 Å². The third-order valence-electron chi connectivity index (χ3n) is 4.63. The number of hydrogen-bond acceptors (Lipinski definition) is 2. The monoisotopic (exact) mass is 228 g/mol. The number of rotatable bonds is 4. The summed E-state index contributed by atoms with van der Waals surface area (Å²) in [5.41, 5.74) is -0.252. The van der Waals surface area contributed by atoms with Crippen molar-refractivity contribution >= 4 is 5.97 Å². The van der Waals surface area contributed by atoms with Crippen molar-refractivity contribution in [2.24, 2.45) is 10.8 Å². The van der Waals surface area contributed by atoms with Crippen LogP contribution in [0.4, 0.5) is 0 Å². The molecule has 0 bridgehead atoms. The predicted molar refractivity (Wildman–Crippen MR) is 63.4 cm³/mol. The lowest BCUT2D eigenvalue weighted by Crippen LogP contribution is -2.49. The van der Waals surface area contributed by atoms with E-state index in [9.17, 15) is 9.90 Å². The van der Waals surface area contributed by atoms with Gasteiger partial charge in [0.2, 0.25) is 0 Å². The second kappa shape index (κ2) is 4.74. The van der Waals surface area contributed by atoms with E-state index in [1.807, 2.05) is 13.8 Å². The van der Waals surface area contributed by atoms with Gasteiger partial charge in [-0.05, 0) is 18.3 Å². The zero-order valence-corrected chi connectivity index (χ0v) is 10.9. The fourth-order valence-corrected chi connectivity index (χ4v) is 3.00. The number of hydrogen-bond donors (Lipinski definition) is 1. The summed E-state index contributed by atoms with van der Waals surface area (Å²) in [6.07, 6.45) is 5.18. The van der Waals surface area contributed by atoms with Crippen LogP contribution < -0.4 is 0 Å². The highest BCUT2D eigenvalue weighted by atomic mass is 16.5. The number of carboxylic acid groups (broad SMARTS) is 1. The summed E-state index contributed by atoms with van der Waals surface area (Å²) < 4.78 is 5.20. The van der Waals surface area contributed by atoms with Gasteiger partial charge in [-0.25, -0.2) is 4.79 Å².